The molecule has 3 aromatic carbocycles. The highest BCUT2D eigenvalue weighted by Crippen LogP contribution is 2.49. The molecule has 222 valence electrons. The first-order chi connectivity index (χ1) is 21.4. The lowest BCUT2D eigenvalue weighted by Gasteiger charge is -2.23. The molecule has 1 aliphatic carbocycles. The summed E-state index contributed by atoms with van der Waals surface area (Å²) in [6.07, 6.45) is 4.97. The van der Waals surface area contributed by atoms with Crippen LogP contribution in [-0.2, 0) is 7.05 Å². The van der Waals surface area contributed by atoms with Crippen LogP contribution in [0.4, 0.5) is 10.1 Å². The Kier molecular flexibility index (Phi) is 6.73. The maximum Gasteiger partial charge on any atom is 0.335 e. The summed E-state index contributed by atoms with van der Waals surface area (Å²) in [6.45, 7) is 0.783. The number of aryl methyl sites for hydroxylation is 1. The van der Waals surface area contributed by atoms with Crippen molar-refractivity contribution in [2.75, 3.05) is 18.5 Å². The van der Waals surface area contributed by atoms with Crippen molar-refractivity contribution in [1.29, 1.82) is 0 Å². The minimum atomic E-state index is -0.832. The normalized spacial score (nSPS) is 13.9. The fourth-order valence-electron chi connectivity index (χ4n) is 4.89. The Bertz CT molecular complexity index is 2030. The fraction of sp³-hybridized carbons (Fsp3) is 0.188. The van der Waals surface area contributed by atoms with Gasteiger partial charge < -0.3 is 28.8 Å². The van der Waals surface area contributed by atoms with E-state index in [9.17, 15) is 18.8 Å². The van der Waals surface area contributed by atoms with Crippen molar-refractivity contribution in [3.05, 3.63) is 105 Å². The second-order valence-electron chi connectivity index (χ2n) is 10.4. The van der Waals surface area contributed by atoms with E-state index in [1.807, 2.05) is 6.07 Å². The molecule has 0 atom stereocenters. The highest BCUT2D eigenvalue weighted by molar-refractivity contribution is 6.04. The number of pyridine rings is 1. The summed E-state index contributed by atoms with van der Waals surface area (Å²) in [5, 5.41) is 3.33. The summed E-state index contributed by atoms with van der Waals surface area (Å²) in [4.78, 5) is 43.4. The molecule has 2 aliphatic rings. The second kappa shape index (κ2) is 10.9. The maximum atomic E-state index is 13.4. The van der Waals surface area contributed by atoms with Crippen molar-refractivity contribution in [3.63, 3.8) is 0 Å². The molecule has 7 rings (SSSR count). The van der Waals surface area contributed by atoms with Gasteiger partial charge in [0.25, 0.3) is 11.5 Å². The highest BCUT2D eigenvalue weighted by Gasteiger charge is 2.30. The first-order valence-corrected chi connectivity index (χ1v) is 13.9. The van der Waals surface area contributed by atoms with Crippen LogP contribution >= 0.6 is 0 Å². The number of aromatic nitrogens is 3. The van der Waals surface area contributed by atoms with Crippen LogP contribution in [-0.4, -0.2) is 39.3 Å². The molecule has 1 aliphatic heterocycles. The topological polar surface area (TPSA) is 123 Å². The quantitative estimate of drug-likeness (QED) is 0.290. The maximum absolute atomic E-state index is 13.4. The molecule has 0 unspecified atom stereocenters. The Morgan fingerprint density at radius 2 is 1.70 bits per heavy atom. The van der Waals surface area contributed by atoms with Crippen LogP contribution in [0.3, 0.4) is 0 Å². The molecular weight excluding hydrogens is 571 g/mol. The van der Waals surface area contributed by atoms with Crippen molar-refractivity contribution in [1.82, 2.24) is 14.1 Å². The number of ether oxygens (including phenoxy) is 4. The fourth-order valence-corrected chi connectivity index (χ4v) is 4.89. The van der Waals surface area contributed by atoms with Crippen molar-refractivity contribution in [3.8, 4) is 34.4 Å². The lowest BCUT2D eigenvalue weighted by atomic mass is 10.1. The third-order valence-corrected chi connectivity index (χ3v) is 7.18. The molecule has 3 heterocycles. The van der Waals surface area contributed by atoms with Gasteiger partial charge in [-0.3, -0.25) is 14.6 Å². The van der Waals surface area contributed by atoms with Crippen LogP contribution in [0.5, 0.6) is 28.7 Å². The van der Waals surface area contributed by atoms with Gasteiger partial charge in [0.2, 0.25) is 5.75 Å². The Morgan fingerprint density at radius 1 is 0.977 bits per heavy atom. The molecule has 1 amide bonds. The summed E-state index contributed by atoms with van der Waals surface area (Å²) in [5.74, 6) is 1.37. The molecule has 11 nitrogen and oxygen atoms in total. The van der Waals surface area contributed by atoms with Gasteiger partial charge >= 0.3 is 5.69 Å². The van der Waals surface area contributed by atoms with E-state index in [1.54, 1.807) is 36.5 Å². The average molecular weight is 597 g/mol. The predicted octanol–water partition coefficient (Wildman–Crippen LogP) is 4.58. The zero-order chi connectivity index (χ0) is 30.4. The largest absolute Gasteiger partial charge is 0.486 e. The standard InChI is InChI=1S/C32H25FN4O7/c1-36-17-23(31(39)37(32(36)40)20-6-2-18(33)3-7-20)30(38)35-19-4-8-21(9-5-19)43-25-12-13-34-24-16-26(44-22-10-11-22)28-29(27(24)25)42-15-14-41-28/h2-9,12-13,16-17,22H,10-11,14-15H2,1H3,(H,35,38). The Balaban J connectivity index is 1.14. The van der Waals surface area contributed by atoms with Crippen LogP contribution in [0, 0.1) is 5.82 Å². The number of benzene rings is 3. The van der Waals surface area contributed by atoms with Gasteiger partial charge in [0.05, 0.1) is 22.7 Å². The molecule has 44 heavy (non-hydrogen) atoms. The molecular formula is C32H25FN4O7. The lowest BCUT2D eigenvalue weighted by Crippen LogP contribution is -2.41. The molecule has 1 N–H and O–H groups in total. The van der Waals surface area contributed by atoms with E-state index in [0.717, 1.165) is 34.1 Å². The number of hydrogen-bond acceptors (Lipinski definition) is 8. The molecule has 5 aromatic rings. The molecule has 0 spiro atoms. The van der Waals surface area contributed by atoms with Crippen LogP contribution < -0.4 is 35.5 Å². The minimum absolute atomic E-state index is 0.140. The number of amides is 1. The first kappa shape index (κ1) is 27.2. The molecule has 2 aromatic heterocycles. The molecule has 1 saturated carbocycles. The van der Waals surface area contributed by atoms with Crippen LogP contribution in [0.1, 0.15) is 23.2 Å². The second-order valence-corrected chi connectivity index (χ2v) is 10.4. The summed E-state index contributed by atoms with van der Waals surface area (Å²) >= 11 is 0. The molecule has 0 saturated heterocycles. The van der Waals surface area contributed by atoms with Crippen LogP contribution in [0.25, 0.3) is 16.6 Å². The van der Waals surface area contributed by atoms with Crippen molar-refractivity contribution in [2.24, 2.45) is 7.05 Å². The minimum Gasteiger partial charge on any atom is -0.486 e. The zero-order valence-electron chi connectivity index (χ0n) is 23.4. The van der Waals surface area contributed by atoms with Gasteiger partial charge in [0, 0.05) is 31.2 Å². The number of nitrogens with one attached hydrogen (secondary N) is 1. The number of hydrogen-bond donors (Lipinski definition) is 1. The van der Waals surface area contributed by atoms with Crippen LogP contribution in [0.2, 0.25) is 0 Å². The van der Waals surface area contributed by atoms with Crippen LogP contribution in [0.15, 0.2) is 82.6 Å². The van der Waals surface area contributed by atoms with Gasteiger partial charge in [-0.05, 0) is 67.4 Å². The highest BCUT2D eigenvalue weighted by atomic mass is 19.1. The summed E-state index contributed by atoms with van der Waals surface area (Å²) in [5.41, 5.74) is -0.608. The third kappa shape index (κ3) is 5.10. The number of carbonyl (C=O) groups is 1. The number of halogens is 1. The third-order valence-electron chi connectivity index (χ3n) is 7.18. The lowest BCUT2D eigenvalue weighted by molar-refractivity contribution is 0.102. The van der Waals surface area contributed by atoms with E-state index in [0.29, 0.717) is 58.6 Å². The number of nitrogens with zero attached hydrogens (tertiary/aromatic N) is 3. The van der Waals surface area contributed by atoms with Gasteiger partial charge in [0.15, 0.2) is 11.5 Å². The van der Waals surface area contributed by atoms with Crippen molar-refractivity contribution < 1.29 is 28.1 Å². The molecule has 0 radical (unpaired) electrons. The number of fused-ring (bicyclic) bond motifs is 3. The van der Waals surface area contributed by atoms with Gasteiger partial charge in [-0.25, -0.2) is 13.8 Å². The Hall–Kier alpha value is -5.65. The van der Waals surface area contributed by atoms with E-state index in [2.05, 4.69) is 10.3 Å². The summed E-state index contributed by atoms with van der Waals surface area (Å²) < 4.78 is 39.5. The van der Waals surface area contributed by atoms with Crippen molar-refractivity contribution in [2.45, 2.75) is 18.9 Å². The van der Waals surface area contributed by atoms with Gasteiger partial charge in [-0.2, -0.15) is 0 Å². The number of anilines is 1. The summed E-state index contributed by atoms with van der Waals surface area (Å²) in [6, 6.07) is 15.0. The van der Waals surface area contributed by atoms with Gasteiger partial charge in [-0.15, -0.1) is 0 Å². The first-order valence-electron chi connectivity index (χ1n) is 13.9. The van der Waals surface area contributed by atoms with Gasteiger partial charge in [0.1, 0.15) is 36.1 Å². The smallest absolute Gasteiger partial charge is 0.335 e. The van der Waals surface area contributed by atoms with E-state index in [4.69, 9.17) is 18.9 Å². The molecule has 0 bridgehead atoms. The number of rotatable bonds is 7. The SMILES string of the molecule is Cn1cc(C(=O)Nc2ccc(Oc3ccnc4cc(OC5CC5)c5c(c34)OCCO5)cc2)c(=O)n(-c2ccc(F)cc2)c1=O. The number of carbonyl (C=O) groups excluding carboxylic acids is 1. The average Bonchev–Trinajstić information content (AvgIpc) is 3.85. The van der Waals surface area contributed by atoms with E-state index in [1.165, 1.54) is 25.4 Å². The monoisotopic (exact) mass is 596 g/mol. The van der Waals surface area contributed by atoms with E-state index >= 15 is 0 Å². The molecule has 1 fully saturated rings. The molecule has 12 heteroatoms. The zero-order valence-corrected chi connectivity index (χ0v) is 23.4. The summed E-state index contributed by atoms with van der Waals surface area (Å²) in [7, 11) is 1.42. The Labute approximate surface area is 249 Å². The van der Waals surface area contributed by atoms with Crippen molar-refractivity contribution >= 4 is 22.5 Å². The van der Waals surface area contributed by atoms with Gasteiger partial charge in [-0.1, -0.05) is 0 Å². The predicted molar refractivity (Wildman–Crippen MR) is 158 cm³/mol. The van der Waals surface area contributed by atoms with E-state index in [-0.39, 0.29) is 17.4 Å². The van der Waals surface area contributed by atoms with E-state index < -0.39 is 23.0 Å². The Morgan fingerprint density at radius 3 is 2.43 bits per heavy atom.